The topological polar surface area (TPSA) is 0 Å². The van der Waals surface area contributed by atoms with Crippen molar-refractivity contribution in [1.29, 1.82) is 0 Å². The zero-order valence-electron chi connectivity index (χ0n) is 10.4. The molecule has 1 fully saturated rings. The van der Waals surface area contributed by atoms with E-state index in [1.807, 2.05) is 0 Å². The Morgan fingerprint density at radius 1 is 1.20 bits per heavy atom. The average molecular weight is 202 g/mol. The van der Waals surface area contributed by atoms with Crippen molar-refractivity contribution < 1.29 is 0 Å². The van der Waals surface area contributed by atoms with Gasteiger partial charge in [-0.1, -0.05) is 37.1 Å². The van der Waals surface area contributed by atoms with Gasteiger partial charge in [0.15, 0.2) is 0 Å². The minimum absolute atomic E-state index is 0.549. The standard InChI is InChI=1S/C15H22/c1-10-7-8-15-11(2)5-6-13(15)14(3,4)9-12(10)15/h5,7,12-13H,6,8-9H2,1-4H3/t12-,13-,15?/m0/s1. The highest BCUT2D eigenvalue weighted by molar-refractivity contribution is 5.37. The first-order valence-electron chi connectivity index (χ1n) is 6.32. The van der Waals surface area contributed by atoms with Gasteiger partial charge in [0.25, 0.3) is 0 Å². The molecule has 0 saturated heterocycles. The molecule has 0 amide bonds. The van der Waals surface area contributed by atoms with Crippen LogP contribution in [0, 0.1) is 22.7 Å². The summed E-state index contributed by atoms with van der Waals surface area (Å²) in [4.78, 5) is 0. The van der Waals surface area contributed by atoms with Crippen molar-refractivity contribution in [1.82, 2.24) is 0 Å². The highest BCUT2D eigenvalue weighted by Crippen LogP contribution is 2.70. The van der Waals surface area contributed by atoms with Gasteiger partial charge in [-0.25, -0.2) is 0 Å². The SMILES string of the molecule is CC1=CCC23C(C)=CC[C@H]2C(C)(C)C[C@@H]13. The summed E-state index contributed by atoms with van der Waals surface area (Å²) in [5.74, 6) is 1.76. The summed E-state index contributed by atoms with van der Waals surface area (Å²) in [7, 11) is 0. The van der Waals surface area contributed by atoms with Crippen molar-refractivity contribution in [2.45, 2.75) is 47.0 Å². The van der Waals surface area contributed by atoms with Crippen molar-refractivity contribution >= 4 is 0 Å². The van der Waals surface area contributed by atoms with Gasteiger partial charge in [0.05, 0.1) is 0 Å². The summed E-state index contributed by atoms with van der Waals surface area (Å²) in [6.07, 6.45) is 9.09. The van der Waals surface area contributed by atoms with Gasteiger partial charge in [-0.2, -0.15) is 0 Å². The molecule has 3 aliphatic carbocycles. The lowest BCUT2D eigenvalue weighted by Gasteiger charge is -2.36. The quantitative estimate of drug-likeness (QED) is 0.513. The van der Waals surface area contributed by atoms with Crippen LogP contribution in [0.25, 0.3) is 0 Å². The van der Waals surface area contributed by atoms with Crippen LogP contribution in [0.3, 0.4) is 0 Å². The fraction of sp³-hybridized carbons (Fsp3) is 0.733. The van der Waals surface area contributed by atoms with E-state index in [0.717, 1.165) is 11.8 Å². The number of hydrogen-bond acceptors (Lipinski definition) is 0. The predicted octanol–water partition coefficient (Wildman–Crippen LogP) is 4.34. The molecule has 0 aromatic heterocycles. The Kier molecular flexibility index (Phi) is 1.67. The van der Waals surface area contributed by atoms with Gasteiger partial charge >= 0.3 is 0 Å². The van der Waals surface area contributed by atoms with Gasteiger partial charge in [0, 0.05) is 5.41 Å². The lowest BCUT2D eigenvalue weighted by Crippen LogP contribution is -2.30. The second-order valence-electron chi connectivity index (χ2n) is 6.61. The molecule has 0 bridgehead atoms. The lowest BCUT2D eigenvalue weighted by molar-refractivity contribution is 0.173. The fourth-order valence-corrected chi connectivity index (χ4v) is 4.84. The first kappa shape index (κ1) is 9.69. The van der Waals surface area contributed by atoms with E-state index >= 15 is 0 Å². The van der Waals surface area contributed by atoms with Crippen molar-refractivity contribution in [3.8, 4) is 0 Å². The predicted molar refractivity (Wildman–Crippen MR) is 64.6 cm³/mol. The molecule has 3 rings (SSSR count). The highest BCUT2D eigenvalue weighted by Gasteiger charge is 2.61. The molecule has 82 valence electrons. The molecule has 0 aliphatic heterocycles. The number of rotatable bonds is 0. The molecule has 0 aromatic carbocycles. The van der Waals surface area contributed by atoms with Crippen molar-refractivity contribution in [3.63, 3.8) is 0 Å². The lowest BCUT2D eigenvalue weighted by atomic mass is 9.67. The van der Waals surface area contributed by atoms with E-state index in [9.17, 15) is 0 Å². The summed E-state index contributed by atoms with van der Waals surface area (Å²) in [6, 6.07) is 0. The third-order valence-electron chi connectivity index (χ3n) is 5.62. The average Bonchev–Trinajstić information content (AvgIpc) is 2.70. The molecule has 0 nitrogen and oxygen atoms in total. The molecule has 0 heteroatoms. The van der Waals surface area contributed by atoms with Gasteiger partial charge < -0.3 is 0 Å². The van der Waals surface area contributed by atoms with Gasteiger partial charge in [-0.3, -0.25) is 0 Å². The first-order chi connectivity index (χ1) is 6.98. The normalized spacial score (nSPS) is 46.1. The smallest absolute Gasteiger partial charge is 0.00453 e. The third kappa shape index (κ3) is 0.940. The molecule has 0 aromatic rings. The van der Waals surface area contributed by atoms with E-state index in [0.29, 0.717) is 10.8 Å². The fourth-order valence-electron chi connectivity index (χ4n) is 4.84. The molecule has 3 aliphatic rings. The third-order valence-corrected chi connectivity index (χ3v) is 5.62. The Hall–Kier alpha value is -0.520. The molecule has 0 heterocycles. The van der Waals surface area contributed by atoms with Crippen molar-refractivity contribution in [2.24, 2.45) is 22.7 Å². The van der Waals surface area contributed by atoms with Crippen LogP contribution in [0.1, 0.15) is 47.0 Å². The van der Waals surface area contributed by atoms with Gasteiger partial charge in [-0.15, -0.1) is 0 Å². The minimum Gasteiger partial charge on any atom is -0.0847 e. The summed E-state index contributed by atoms with van der Waals surface area (Å²) in [6.45, 7) is 9.69. The molecule has 1 spiro atoms. The second-order valence-corrected chi connectivity index (χ2v) is 6.61. The van der Waals surface area contributed by atoms with E-state index in [1.165, 1.54) is 19.3 Å². The Balaban J connectivity index is 2.12. The first-order valence-corrected chi connectivity index (χ1v) is 6.32. The molecular weight excluding hydrogens is 180 g/mol. The molecule has 0 N–H and O–H groups in total. The Morgan fingerprint density at radius 3 is 2.67 bits per heavy atom. The molecular formula is C15H22. The van der Waals surface area contributed by atoms with Gasteiger partial charge in [-0.05, 0) is 50.4 Å². The molecule has 1 unspecified atom stereocenters. The second kappa shape index (κ2) is 2.59. The Bertz CT molecular complexity index is 369. The maximum absolute atomic E-state index is 2.52. The van der Waals surface area contributed by atoms with Crippen molar-refractivity contribution in [3.05, 3.63) is 23.3 Å². The van der Waals surface area contributed by atoms with E-state index in [4.69, 9.17) is 0 Å². The van der Waals surface area contributed by atoms with Gasteiger partial charge in [0.1, 0.15) is 0 Å². The van der Waals surface area contributed by atoms with Crippen LogP contribution >= 0.6 is 0 Å². The number of allylic oxidation sites excluding steroid dienone is 4. The zero-order chi connectivity index (χ0) is 10.8. The van der Waals surface area contributed by atoms with Crippen LogP contribution in [0.5, 0.6) is 0 Å². The summed E-state index contributed by atoms with van der Waals surface area (Å²) in [5.41, 5.74) is 4.46. The monoisotopic (exact) mass is 202 g/mol. The van der Waals surface area contributed by atoms with Crippen LogP contribution < -0.4 is 0 Å². The van der Waals surface area contributed by atoms with Crippen LogP contribution in [0.15, 0.2) is 23.3 Å². The Labute approximate surface area is 93.5 Å². The van der Waals surface area contributed by atoms with E-state index in [1.54, 1.807) is 11.1 Å². The Morgan fingerprint density at radius 2 is 1.93 bits per heavy atom. The number of hydrogen-bond donors (Lipinski definition) is 0. The maximum atomic E-state index is 2.52. The van der Waals surface area contributed by atoms with Crippen LogP contribution in [-0.4, -0.2) is 0 Å². The summed E-state index contributed by atoms with van der Waals surface area (Å²) < 4.78 is 0. The van der Waals surface area contributed by atoms with E-state index < -0.39 is 0 Å². The summed E-state index contributed by atoms with van der Waals surface area (Å²) in [5, 5.41) is 0. The largest absolute Gasteiger partial charge is 0.0847 e. The van der Waals surface area contributed by atoms with E-state index in [2.05, 4.69) is 39.8 Å². The van der Waals surface area contributed by atoms with Crippen LogP contribution in [-0.2, 0) is 0 Å². The van der Waals surface area contributed by atoms with E-state index in [-0.39, 0.29) is 0 Å². The molecule has 3 atom stereocenters. The van der Waals surface area contributed by atoms with Crippen molar-refractivity contribution in [2.75, 3.05) is 0 Å². The molecule has 1 saturated carbocycles. The highest BCUT2D eigenvalue weighted by atomic mass is 14.7. The summed E-state index contributed by atoms with van der Waals surface area (Å²) >= 11 is 0. The molecule has 0 radical (unpaired) electrons. The van der Waals surface area contributed by atoms with Crippen LogP contribution in [0.2, 0.25) is 0 Å². The zero-order valence-corrected chi connectivity index (χ0v) is 10.4. The maximum Gasteiger partial charge on any atom is 0.00453 e. The minimum atomic E-state index is 0.549. The van der Waals surface area contributed by atoms with Gasteiger partial charge in [0.2, 0.25) is 0 Å². The van der Waals surface area contributed by atoms with Crippen LogP contribution in [0.4, 0.5) is 0 Å². The molecule has 15 heavy (non-hydrogen) atoms.